The summed E-state index contributed by atoms with van der Waals surface area (Å²) >= 11 is 0. The van der Waals surface area contributed by atoms with Crippen molar-refractivity contribution in [1.29, 1.82) is 0 Å². The molecule has 0 amide bonds. The van der Waals surface area contributed by atoms with E-state index in [1.807, 2.05) is 24.3 Å². The predicted molar refractivity (Wildman–Crippen MR) is 110 cm³/mol. The van der Waals surface area contributed by atoms with E-state index in [1.165, 1.54) is 5.56 Å². The lowest BCUT2D eigenvalue weighted by molar-refractivity contribution is -0.138. The number of carbonyl (C=O) groups is 2. The normalized spacial score (nSPS) is 14.9. The van der Waals surface area contributed by atoms with Gasteiger partial charge in [0.2, 0.25) is 0 Å². The van der Waals surface area contributed by atoms with Crippen LogP contribution in [-0.2, 0) is 16.0 Å². The van der Waals surface area contributed by atoms with Gasteiger partial charge in [-0.25, -0.2) is 4.79 Å². The van der Waals surface area contributed by atoms with E-state index in [4.69, 9.17) is 4.74 Å². The minimum Gasteiger partial charge on any atom is -0.506 e. The van der Waals surface area contributed by atoms with Crippen LogP contribution >= 0.6 is 0 Å². The first-order chi connectivity index (χ1) is 13.6. The predicted octanol–water partition coefficient (Wildman–Crippen LogP) is 5.14. The largest absolute Gasteiger partial charge is 0.506 e. The molecule has 1 aliphatic carbocycles. The Morgan fingerprint density at radius 3 is 2.36 bits per heavy atom. The van der Waals surface area contributed by atoms with Crippen molar-refractivity contribution in [1.82, 2.24) is 0 Å². The van der Waals surface area contributed by atoms with Gasteiger partial charge in [-0.05, 0) is 37.0 Å². The molecular formula is C24H24O4. The molecule has 2 aromatic carbocycles. The lowest BCUT2D eigenvalue weighted by atomic mass is 9.84. The summed E-state index contributed by atoms with van der Waals surface area (Å²) in [6.07, 6.45) is 4.91. The first-order valence-corrected chi connectivity index (χ1v) is 9.62. The molecule has 0 heterocycles. The third-order valence-electron chi connectivity index (χ3n) is 4.77. The number of unbranched alkanes of at least 4 members (excludes halogenated alkanes) is 1. The van der Waals surface area contributed by atoms with Gasteiger partial charge in [0.25, 0.3) is 0 Å². The van der Waals surface area contributed by atoms with Crippen molar-refractivity contribution in [3.8, 4) is 0 Å². The Kier molecular flexibility index (Phi) is 6.09. The van der Waals surface area contributed by atoms with Crippen molar-refractivity contribution >= 4 is 23.6 Å². The fourth-order valence-electron chi connectivity index (χ4n) is 3.28. The van der Waals surface area contributed by atoms with E-state index >= 15 is 0 Å². The molecule has 0 aromatic heterocycles. The zero-order valence-corrected chi connectivity index (χ0v) is 16.2. The maximum absolute atomic E-state index is 13.1. The standard InChI is InChI=1S/C24H24O4/c1-3-5-8-16-11-13-17(14-12-16)15-20-21(24(27)28-4-2)23(26)19-10-7-6-9-18(19)22(20)25/h6-7,9-15,26H,3-5,8H2,1-2H3/b20-15-. The number of ketones is 1. The van der Waals surface area contributed by atoms with Crippen LogP contribution < -0.4 is 0 Å². The summed E-state index contributed by atoms with van der Waals surface area (Å²) < 4.78 is 5.10. The van der Waals surface area contributed by atoms with Crippen LogP contribution in [0.2, 0.25) is 0 Å². The average molecular weight is 376 g/mol. The van der Waals surface area contributed by atoms with E-state index in [-0.39, 0.29) is 29.3 Å². The zero-order chi connectivity index (χ0) is 20.1. The van der Waals surface area contributed by atoms with E-state index < -0.39 is 5.97 Å². The number of carbonyl (C=O) groups excluding carboxylic acids is 2. The van der Waals surface area contributed by atoms with Crippen LogP contribution in [0.4, 0.5) is 0 Å². The second kappa shape index (κ2) is 8.70. The molecule has 0 aliphatic heterocycles. The van der Waals surface area contributed by atoms with Crippen LogP contribution in [0.15, 0.2) is 59.7 Å². The van der Waals surface area contributed by atoms with E-state index in [0.717, 1.165) is 24.8 Å². The molecule has 3 rings (SSSR count). The summed E-state index contributed by atoms with van der Waals surface area (Å²) in [6.45, 7) is 4.00. The molecule has 1 aliphatic rings. The van der Waals surface area contributed by atoms with Gasteiger partial charge in [-0.15, -0.1) is 0 Å². The molecule has 0 unspecified atom stereocenters. The van der Waals surface area contributed by atoms with Gasteiger partial charge in [0.1, 0.15) is 11.3 Å². The van der Waals surface area contributed by atoms with Crippen molar-refractivity contribution in [2.45, 2.75) is 33.1 Å². The minimum absolute atomic E-state index is 0.0828. The number of benzene rings is 2. The molecule has 4 heteroatoms. The molecule has 0 spiro atoms. The minimum atomic E-state index is -0.700. The lowest BCUT2D eigenvalue weighted by Crippen LogP contribution is -2.22. The number of ether oxygens (including phenoxy) is 1. The molecule has 4 nitrogen and oxygen atoms in total. The fourth-order valence-corrected chi connectivity index (χ4v) is 3.28. The molecule has 144 valence electrons. The van der Waals surface area contributed by atoms with E-state index in [9.17, 15) is 14.7 Å². The Hall–Kier alpha value is -3.14. The van der Waals surface area contributed by atoms with E-state index in [0.29, 0.717) is 11.1 Å². The van der Waals surface area contributed by atoms with Gasteiger partial charge in [0.15, 0.2) is 5.78 Å². The molecule has 0 radical (unpaired) electrons. The van der Waals surface area contributed by atoms with Crippen LogP contribution in [-0.4, -0.2) is 23.5 Å². The highest BCUT2D eigenvalue weighted by Gasteiger charge is 2.34. The number of aliphatic hydroxyl groups excluding tert-OH is 1. The average Bonchev–Trinajstić information content (AvgIpc) is 2.71. The van der Waals surface area contributed by atoms with Crippen molar-refractivity contribution in [3.05, 3.63) is 81.9 Å². The van der Waals surface area contributed by atoms with Crippen molar-refractivity contribution in [3.63, 3.8) is 0 Å². The first-order valence-electron chi connectivity index (χ1n) is 9.62. The smallest absolute Gasteiger partial charge is 0.342 e. The summed E-state index contributed by atoms with van der Waals surface area (Å²) in [5, 5.41) is 10.7. The monoisotopic (exact) mass is 376 g/mol. The van der Waals surface area contributed by atoms with Gasteiger partial charge < -0.3 is 9.84 Å². The number of hydrogen-bond acceptors (Lipinski definition) is 4. The highest BCUT2D eigenvalue weighted by atomic mass is 16.5. The van der Waals surface area contributed by atoms with Crippen LogP contribution in [0.3, 0.4) is 0 Å². The van der Waals surface area contributed by atoms with Gasteiger partial charge in [0.05, 0.1) is 6.61 Å². The number of Topliss-reactive ketones (excluding diaryl/α,β-unsaturated/α-hetero) is 1. The summed E-state index contributed by atoms with van der Waals surface area (Å²) in [5.41, 5.74) is 2.81. The number of aliphatic hydroxyl groups is 1. The SMILES string of the molecule is CCCCc1ccc(/C=C2\C(=O)c3ccccc3C(O)=C2C(=O)OCC)cc1. The fraction of sp³-hybridized carbons (Fsp3) is 0.250. The van der Waals surface area contributed by atoms with Crippen molar-refractivity contribution in [2.75, 3.05) is 6.61 Å². The Balaban J connectivity index is 2.07. The molecular weight excluding hydrogens is 352 g/mol. The van der Waals surface area contributed by atoms with Gasteiger partial charge in [-0.1, -0.05) is 61.9 Å². The van der Waals surface area contributed by atoms with Gasteiger partial charge in [-0.2, -0.15) is 0 Å². The third-order valence-corrected chi connectivity index (χ3v) is 4.77. The van der Waals surface area contributed by atoms with Crippen LogP contribution in [0.5, 0.6) is 0 Å². The maximum atomic E-state index is 13.1. The molecule has 1 N–H and O–H groups in total. The number of hydrogen-bond donors (Lipinski definition) is 1. The number of rotatable bonds is 6. The van der Waals surface area contributed by atoms with Crippen molar-refractivity contribution in [2.24, 2.45) is 0 Å². The summed E-state index contributed by atoms with van der Waals surface area (Å²) in [4.78, 5) is 25.6. The molecule has 0 atom stereocenters. The highest BCUT2D eigenvalue weighted by molar-refractivity contribution is 6.26. The molecule has 2 aromatic rings. The highest BCUT2D eigenvalue weighted by Crippen LogP contribution is 2.35. The quantitative estimate of drug-likeness (QED) is 0.560. The van der Waals surface area contributed by atoms with E-state index in [2.05, 4.69) is 6.92 Å². The molecule has 0 saturated carbocycles. The first kappa shape index (κ1) is 19.6. The Bertz CT molecular complexity index is 949. The van der Waals surface area contributed by atoms with E-state index in [1.54, 1.807) is 37.3 Å². The van der Waals surface area contributed by atoms with Gasteiger partial charge >= 0.3 is 5.97 Å². The summed E-state index contributed by atoms with van der Waals surface area (Å²) in [6, 6.07) is 14.6. The topological polar surface area (TPSA) is 63.6 Å². The molecule has 0 bridgehead atoms. The van der Waals surface area contributed by atoms with Gasteiger partial charge in [0, 0.05) is 16.7 Å². The van der Waals surface area contributed by atoms with Gasteiger partial charge in [-0.3, -0.25) is 4.79 Å². The van der Waals surface area contributed by atoms with Crippen LogP contribution in [0.25, 0.3) is 11.8 Å². The van der Waals surface area contributed by atoms with Crippen LogP contribution in [0, 0.1) is 0 Å². The second-order valence-electron chi connectivity index (χ2n) is 6.72. The van der Waals surface area contributed by atoms with Crippen LogP contribution in [0.1, 0.15) is 53.7 Å². The maximum Gasteiger partial charge on any atom is 0.342 e. The summed E-state index contributed by atoms with van der Waals surface area (Å²) in [5.74, 6) is -1.22. The van der Waals surface area contributed by atoms with Crippen molar-refractivity contribution < 1.29 is 19.4 Å². The Labute approximate surface area is 165 Å². The second-order valence-corrected chi connectivity index (χ2v) is 6.72. The molecule has 0 saturated heterocycles. The lowest BCUT2D eigenvalue weighted by Gasteiger charge is -2.20. The summed E-state index contributed by atoms with van der Waals surface area (Å²) in [7, 11) is 0. The molecule has 0 fully saturated rings. The Morgan fingerprint density at radius 2 is 1.71 bits per heavy atom. The number of aryl methyl sites for hydroxylation is 1. The number of fused-ring (bicyclic) bond motifs is 1. The molecule has 28 heavy (non-hydrogen) atoms. The Morgan fingerprint density at radius 1 is 1.04 bits per heavy atom. The number of esters is 1. The third kappa shape index (κ3) is 3.91. The zero-order valence-electron chi connectivity index (χ0n) is 16.2.